The summed E-state index contributed by atoms with van der Waals surface area (Å²) in [5.41, 5.74) is -0.756. The van der Waals surface area contributed by atoms with E-state index in [0.29, 0.717) is 4.68 Å². The summed E-state index contributed by atoms with van der Waals surface area (Å²) in [6, 6.07) is 0. The molecule has 0 N–H and O–H groups in total. The highest BCUT2D eigenvalue weighted by molar-refractivity contribution is 5.89. The number of hydrogen-bond acceptors (Lipinski definition) is 6. The van der Waals surface area contributed by atoms with Gasteiger partial charge in [-0.3, -0.25) is 4.79 Å². The molecule has 1 heterocycles. The van der Waals surface area contributed by atoms with Gasteiger partial charge >= 0.3 is 18.1 Å². The number of alkyl halides is 3. The summed E-state index contributed by atoms with van der Waals surface area (Å²) in [6.45, 7) is -1.47. The summed E-state index contributed by atoms with van der Waals surface area (Å²) in [7, 11) is 2.10. The number of esters is 2. The zero-order chi connectivity index (χ0) is 14.6. The zero-order valence-electron chi connectivity index (χ0n) is 10.0. The van der Waals surface area contributed by atoms with Gasteiger partial charge in [-0.1, -0.05) is 5.21 Å². The molecule has 0 amide bonds. The normalized spacial score (nSPS) is 11.2. The molecule has 0 fully saturated rings. The fourth-order valence-corrected chi connectivity index (χ4v) is 1.27. The number of halogens is 3. The van der Waals surface area contributed by atoms with Gasteiger partial charge in [-0.15, -0.1) is 5.10 Å². The summed E-state index contributed by atoms with van der Waals surface area (Å²) >= 11 is 0. The predicted octanol–water partition coefficient (Wildman–Crippen LogP) is 0.342. The summed E-state index contributed by atoms with van der Waals surface area (Å²) in [4.78, 5) is 22.4. The molecule has 0 saturated heterocycles. The van der Waals surface area contributed by atoms with Crippen LogP contribution in [0.2, 0.25) is 0 Å². The van der Waals surface area contributed by atoms with E-state index in [9.17, 15) is 22.8 Å². The maximum Gasteiger partial charge on any atom is 0.408 e. The molecule has 1 aromatic heterocycles. The van der Waals surface area contributed by atoms with Crippen molar-refractivity contribution in [3.8, 4) is 0 Å². The number of methoxy groups -OCH3 is 2. The minimum absolute atomic E-state index is 0.309. The number of rotatable bonds is 4. The van der Waals surface area contributed by atoms with E-state index >= 15 is 0 Å². The van der Waals surface area contributed by atoms with Crippen molar-refractivity contribution < 1.29 is 32.2 Å². The Morgan fingerprint density at radius 2 is 1.89 bits per heavy atom. The highest BCUT2D eigenvalue weighted by Crippen LogP contribution is 2.19. The van der Waals surface area contributed by atoms with Crippen molar-refractivity contribution in [1.29, 1.82) is 0 Å². The number of hydrogen-bond donors (Lipinski definition) is 0. The number of carbonyl (C=O) groups excluding carboxylic acids is 2. The second-order valence-electron chi connectivity index (χ2n) is 3.40. The Morgan fingerprint density at radius 1 is 1.26 bits per heavy atom. The lowest BCUT2D eigenvalue weighted by atomic mass is 10.2. The van der Waals surface area contributed by atoms with Gasteiger partial charge in [0.1, 0.15) is 6.54 Å². The molecule has 0 aromatic carbocycles. The van der Waals surface area contributed by atoms with Crippen LogP contribution in [0.1, 0.15) is 16.2 Å². The van der Waals surface area contributed by atoms with E-state index in [1.165, 1.54) is 0 Å². The van der Waals surface area contributed by atoms with Crippen molar-refractivity contribution in [3.63, 3.8) is 0 Å². The van der Waals surface area contributed by atoms with E-state index in [-0.39, 0.29) is 5.69 Å². The van der Waals surface area contributed by atoms with Gasteiger partial charge in [0.15, 0.2) is 5.69 Å². The molecule has 0 unspecified atom stereocenters. The van der Waals surface area contributed by atoms with Gasteiger partial charge in [0.2, 0.25) is 0 Å². The minimum Gasteiger partial charge on any atom is -0.469 e. The maximum absolute atomic E-state index is 12.3. The monoisotopic (exact) mass is 281 g/mol. The molecule has 0 aliphatic carbocycles. The average molecular weight is 281 g/mol. The van der Waals surface area contributed by atoms with E-state index in [1.807, 2.05) is 0 Å². The van der Waals surface area contributed by atoms with Crippen LogP contribution in [0.25, 0.3) is 0 Å². The van der Waals surface area contributed by atoms with Crippen molar-refractivity contribution in [2.75, 3.05) is 14.2 Å². The molecule has 0 aliphatic heterocycles. The van der Waals surface area contributed by atoms with Gasteiger partial charge in [0, 0.05) is 0 Å². The van der Waals surface area contributed by atoms with Gasteiger partial charge in [0.25, 0.3) is 0 Å². The first-order chi connectivity index (χ1) is 8.78. The second kappa shape index (κ2) is 5.67. The zero-order valence-corrected chi connectivity index (χ0v) is 10.0. The van der Waals surface area contributed by atoms with Gasteiger partial charge in [-0.25, -0.2) is 9.48 Å². The maximum atomic E-state index is 12.3. The third-order valence-corrected chi connectivity index (χ3v) is 2.08. The lowest BCUT2D eigenvalue weighted by molar-refractivity contribution is -0.145. The van der Waals surface area contributed by atoms with Crippen LogP contribution in [0.3, 0.4) is 0 Å². The first-order valence-corrected chi connectivity index (χ1v) is 4.92. The molecule has 0 bridgehead atoms. The molecule has 10 heteroatoms. The molecule has 0 aliphatic rings. The molecule has 7 nitrogen and oxygen atoms in total. The van der Waals surface area contributed by atoms with Crippen LogP contribution in [-0.4, -0.2) is 47.3 Å². The van der Waals surface area contributed by atoms with Crippen LogP contribution in [0, 0.1) is 0 Å². The molecule has 0 atom stereocenters. The van der Waals surface area contributed by atoms with Crippen molar-refractivity contribution in [1.82, 2.24) is 15.0 Å². The van der Waals surface area contributed by atoms with Crippen molar-refractivity contribution >= 4 is 11.9 Å². The largest absolute Gasteiger partial charge is 0.469 e. The molecule has 0 radical (unpaired) electrons. The Morgan fingerprint density at radius 3 is 2.37 bits per heavy atom. The van der Waals surface area contributed by atoms with E-state index in [1.54, 1.807) is 0 Å². The fourth-order valence-electron chi connectivity index (χ4n) is 1.27. The number of nitrogens with zero attached hydrogens (tertiary/aromatic N) is 3. The minimum atomic E-state index is -4.56. The summed E-state index contributed by atoms with van der Waals surface area (Å²) in [6.07, 6.45) is -5.13. The standard InChI is InChI=1S/C9H10F3N3O4/c1-18-6(16)3-5-7(8(17)19-2)13-14-15(5)4-9(10,11)12/h3-4H2,1-2H3. The molecular formula is C9H10F3N3O4. The quantitative estimate of drug-likeness (QED) is 0.740. The van der Waals surface area contributed by atoms with Crippen LogP contribution >= 0.6 is 0 Å². The topological polar surface area (TPSA) is 83.3 Å². The van der Waals surface area contributed by atoms with Gasteiger partial charge < -0.3 is 9.47 Å². The van der Waals surface area contributed by atoms with Crippen LogP contribution < -0.4 is 0 Å². The Balaban J connectivity index is 3.13. The summed E-state index contributed by atoms with van der Waals surface area (Å²) in [5.74, 6) is -1.80. The fraction of sp³-hybridized carbons (Fsp3) is 0.556. The van der Waals surface area contributed by atoms with Crippen LogP contribution in [-0.2, 0) is 27.2 Å². The van der Waals surface area contributed by atoms with Gasteiger partial charge in [-0.05, 0) is 0 Å². The molecule has 0 saturated carbocycles. The smallest absolute Gasteiger partial charge is 0.408 e. The first-order valence-electron chi connectivity index (χ1n) is 4.92. The third kappa shape index (κ3) is 3.93. The SMILES string of the molecule is COC(=O)Cc1c(C(=O)OC)nnn1CC(F)(F)F. The molecule has 106 valence electrons. The molecule has 0 spiro atoms. The van der Waals surface area contributed by atoms with Gasteiger partial charge in [-0.2, -0.15) is 13.2 Å². The van der Waals surface area contributed by atoms with Crippen molar-refractivity contribution in [2.24, 2.45) is 0 Å². The van der Waals surface area contributed by atoms with E-state index in [2.05, 4.69) is 19.8 Å². The van der Waals surface area contributed by atoms with Gasteiger partial charge in [0.05, 0.1) is 26.3 Å². The van der Waals surface area contributed by atoms with E-state index in [4.69, 9.17) is 0 Å². The highest BCUT2D eigenvalue weighted by Gasteiger charge is 2.32. The third-order valence-electron chi connectivity index (χ3n) is 2.08. The number of aromatic nitrogens is 3. The van der Waals surface area contributed by atoms with Crippen molar-refractivity contribution in [3.05, 3.63) is 11.4 Å². The molecule has 19 heavy (non-hydrogen) atoms. The van der Waals surface area contributed by atoms with E-state index in [0.717, 1.165) is 14.2 Å². The summed E-state index contributed by atoms with van der Waals surface area (Å²) in [5, 5.41) is 6.49. The lowest BCUT2D eigenvalue weighted by Gasteiger charge is -2.09. The van der Waals surface area contributed by atoms with Crippen LogP contribution in [0.4, 0.5) is 13.2 Å². The van der Waals surface area contributed by atoms with E-state index < -0.39 is 36.8 Å². The molecule has 1 aromatic rings. The lowest BCUT2D eigenvalue weighted by Crippen LogP contribution is -2.22. The average Bonchev–Trinajstić information content (AvgIpc) is 2.69. The van der Waals surface area contributed by atoms with Crippen LogP contribution in [0.5, 0.6) is 0 Å². The predicted molar refractivity (Wildman–Crippen MR) is 53.1 cm³/mol. The Bertz CT molecular complexity index is 484. The number of ether oxygens (including phenoxy) is 2. The second-order valence-corrected chi connectivity index (χ2v) is 3.40. The Labute approximate surface area is 105 Å². The molecular weight excluding hydrogens is 271 g/mol. The summed E-state index contributed by atoms with van der Waals surface area (Å²) < 4.78 is 46.0. The molecule has 1 rings (SSSR count). The Hall–Kier alpha value is -2.13. The number of carbonyl (C=O) groups is 2. The van der Waals surface area contributed by atoms with Crippen molar-refractivity contribution in [2.45, 2.75) is 19.1 Å². The highest BCUT2D eigenvalue weighted by atomic mass is 19.4. The van der Waals surface area contributed by atoms with Crippen LogP contribution in [0.15, 0.2) is 0 Å². The first kappa shape index (κ1) is 14.9. The Kier molecular flexibility index (Phi) is 4.46.